The minimum absolute atomic E-state index is 0.109. The van der Waals surface area contributed by atoms with Crippen molar-refractivity contribution in [2.75, 3.05) is 5.32 Å². The zero-order chi connectivity index (χ0) is 19.8. The van der Waals surface area contributed by atoms with Gasteiger partial charge in [-0.3, -0.25) is 25.2 Å². The molecule has 0 bridgehead atoms. The molecular weight excluding hydrogens is 346 g/mol. The number of hydrazine groups is 1. The molecule has 3 amide bonds. The smallest absolute Gasteiger partial charge is 0.279 e. The van der Waals surface area contributed by atoms with E-state index in [1.165, 1.54) is 0 Å². The number of benzene rings is 2. The lowest BCUT2D eigenvalue weighted by Gasteiger charge is -2.15. The second kappa shape index (κ2) is 9.38. The Hall–Kier alpha value is -3.35. The van der Waals surface area contributed by atoms with Crippen LogP contribution in [0.3, 0.4) is 0 Å². The minimum atomic E-state index is -0.779. The standard InChI is InChI=1S/C20H23N3O4/c1-4-18(24)21-16-10-8-15(9-11-16)20(26)23-22-19(25)14(3)27-17-7-5-6-13(2)12-17/h5-12,14H,4H2,1-3H3,(H,21,24)(H,22,25)(H,23,26). The van der Waals surface area contributed by atoms with E-state index in [0.717, 1.165) is 5.56 Å². The number of aryl methyl sites for hydroxylation is 1. The second-order valence-electron chi connectivity index (χ2n) is 6.00. The van der Waals surface area contributed by atoms with Gasteiger partial charge in [0.1, 0.15) is 5.75 Å². The van der Waals surface area contributed by atoms with Crippen molar-refractivity contribution in [2.45, 2.75) is 33.3 Å². The molecule has 2 aromatic rings. The summed E-state index contributed by atoms with van der Waals surface area (Å²) in [4.78, 5) is 35.5. The van der Waals surface area contributed by atoms with Crippen molar-refractivity contribution in [3.8, 4) is 5.75 Å². The Labute approximate surface area is 158 Å². The van der Waals surface area contributed by atoms with Gasteiger partial charge in [-0.05, 0) is 55.8 Å². The van der Waals surface area contributed by atoms with Gasteiger partial charge in [-0.15, -0.1) is 0 Å². The topological polar surface area (TPSA) is 96.5 Å². The zero-order valence-electron chi connectivity index (χ0n) is 15.5. The predicted octanol–water partition coefficient (Wildman–Crippen LogP) is 2.57. The maximum absolute atomic E-state index is 12.1. The van der Waals surface area contributed by atoms with Crippen LogP contribution in [0, 0.1) is 6.92 Å². The van der Waals surface area contributed by atoms with Crippen molar-refractivity contribution in [1.82, 2.24) is 10.9 Å². The van der Waals surface area contributed by atoms with Crippen molar-refractivity contribution in [3.63, 3.8) is 0 Å². The molecule has 3 N–H and O–H groups in total. The van der Waals surface area contributed by atoms with Crippen LogP contribution in [0.5, 0.6) is 5.75 Å². The molecule has 0 spiro atoms. The van der Waals surface area contributed by atoms with Crippen LogP contribution in [0.15, 0.2) is 48.5 Å². The van der Waals surface area contributed by atoms with Gasteiger partial charge >= 0.3 is 0 Å². The average molecular weight is 369 g/mol. The Morgan fingerprint density at radius 3 is 2.37 bits per heavy atom. The summed E-state index contributed by atoms with van der Waals surface area (Å²) in [7, 11) is 0. The van der Waals surface area contributed by atoms with E-state index in [2.05, 4.69) is 16.2 Å². The van der Waals surface area contributed by atoms with Gasteiger partial charge < -0.3 is 10.1 Å². The Morgan fingerprint density at radius 2 is 1.74 bits per heavy atom. The molecule has 0 aliphatic rings. The summed E-state index contributed by atoms with van der Waals surface area (Å²) in [5.74, 6) is -0.480. The van der Waals surface area contributed by atoms with Crippen molar-refractivity contribution >= 4 is 23.4 Å². The van der Waals surface area contributed by atoms with Crippen LogP contribution < -0.4 is 20.9 Å². The fraction of sp³-hybridized carbons (Fsp3) is 0.250. The molecule has 0 fully saturated rings. The monoisotopic (exact) mass is 369 g/mol. The van der Waals surface area contributed by atoms with Gasteiger partial charge in [0.15, 0.2) is 6.10 Å². The molecular formula is C20H23N3O4. The number of hydrogen-bond donors (Lipinski definition) is 3. The van der Waals surface area contributed by atoms with Crippen molar-refractivity contribution in [1.29, 1.82) is 0 Å². The summed E-state index contributed by atoms with van der Waals surface area (Å²) in [6.07, 6.45) is -0.407. The predicted molar refractivity (Wildman–Crippen MR) is 102 cm³/mol. The fourth-order valence-corrected chi connectivity index (χ4v) is 2.19. The van der Waals surface area contributed by atoms with Crippen LogP contribution in [-0.2, 0) is 9.59 Å². The zero-order valence-corrected chi connectivity index (χ0v) is 15.5. The number of amides is 3. The van der Waals surface area contributed by atoms with E-state index >= 15 is 0 Å². The van der Waals surface area contributed by atoms with E-state index in [1.807, 2.05) is 25.1 Å². The van der Waals surface area contributed by atoms with E-state index in [1.54, 1.807) is 44.2 Å². The molecule has 0 aromatic heterocycles. The molecule has 0 saturated heterocycles. The van der Waals surface area contributed by atoms with E-state index in [4.69, 9.17) is 4.74 Å². The van der Waals surface area contributed by atoms with Crippen LogP contribution in [0.1, 0.15) is 36.2 Å². The molecule has 2 aromatic carbocycles. The molecule has 142 valence electrons. The van der Waals surface area contributed by atoms with Crippen LogP contribution >= 0.6 is 0 Å². The van der Waals surface area contributed by atoms with Gasteiger partial charge in [0, 0.05) is 17.7 Å². The number of nitrogens with one attached hydrogen (secondary N) is 3. The van der Waals surface area contributed by atoms with Crippen molar-refractivity contribution in [2.24, 2.45) is 0 Å². The molecule has 0 aliphatic carbocycles. The molecule has 7 nitrogen and oxygen atoms in total. The number of carbonyl (C=O) groups excluding carboxylic acids is 3. The van der Waals surface area contributed by atoms with E-state index in [9.17, 15) is 14.4 Å². The molecule has 0 heterocycles. The normalized spacial score (nSPS) is 11.2. The molecule has 1 atom stereocenters. The summed E-state index contributed by atoms with van der Waals surface area (Å²) in [5, 5.41) is 2.69. The van der Waals surface area contributed by atoms with Gasteiger partial charge in [0.2, 0.25) is 5.91 Å². The Morgan fingerprint density at radius 1 is 1.04 bits per heavy atom. The molecule has 7 heteroatoms. The third kappa shape index (κ3) is 6.14. The van der Waals surface area contributed by atoms with Gasteiger partial charge in [0.05, 0.1) is 0 Å². The van der Waals surface area contributed by atoms with Crippen LogP contribution in [0.4, 0.5) is 5.69 Å². The summed E-state index contributed by atoms with van der Waals surface area (Å²) in [6, 6.07) is 13.7. The first kappa shape index (κ1) is 20.0. The third-order valence-corrected chi connectivity index (χ3v) is 3.72. The molecule has 1 unspecified atom stereocenters. The Bertz CT molecular complexity index is 818. The number of hydrogen-bond acceptors (Lipinski definition) is 4. The summed E-state index contributed by atoms with van der Waals surface area (Å²) < 4.78 is 5.55. The highest BCUT2D eigenvalue weighted by atomic mass is 16.5. The number of anilines is 1. The number of ether oxygens (including phenoxy) is 1. The maximum atomic E-state index is 12.1. The maximum Gasteiger partial charge on any atom is 0.279 e. The minimum Gasteiger partial charge on any atom is -0.481 e. The quantitative estimate of drug-likeness (QED) is 0.682. The Kier molecular flexibility index (Phi) is 6.93. The summed E-state index contributed by atoms with van der Waals surface area (Å²) >= 11 is 0. The summed E-state index contributed by atoms with van der Waals surface area (Å²) in [5.41, 5.74) is 6.65. The SMILES string of the molecule is CCC(=O)Nc1ccc(C(=O)NNC(=O)C(C)Oc2cccc(C)c2)cc1. The van der Waals surface area contributed by atoms with Crippen LogP contribution in [-0.4, -0.2) is 23.8 Å². The average Bonchev–Trinajstić information content (AvgIpc) is 2.66. The second-order valence-corrected chi connectivity index (χ2v) is 6.00. The molecule has 2 rings (SSSR count). The first-order valence-electron chi connectivity index (χ1n) is 8.62. The van der Waals surface area contributed by atoms with Gasteiger partial charge in [0.25, 0.3) is 11.8 Å². The molecule has 27 heavy (non-hydrogen) atoms. The highest BCUT2D eigenvalue weighted by Gasteiger charge is 2.16. The largest absolute Gasteiger partial charge is 0.481 e. The lowest BCUT2D eigenvalue weighted by atomic mass is 10.2. The van der Waals surface area contributed by atoms with Gasteiger partial charge in [-0.1, -0.05) is 19.1 Å². The lowest BCUT2D eigenvalue weighted by Crippen LogP contribution is -2.47. The van der Waals surface area contributed by atoms with E-state index in [-0.39, 0.29) is 5.91 Å². The third-order valence-electron chi connectivity index (χ3n) is 3.72. The van der Waals surface area contributed by atoms with Crippen molar-refractivity contribution in [3.05, 3.63) is 59.7 Å². The fourth-order valence-electron chi connectivity index (χ4n) is 2.19. The first-order chi connectivity index (χ1) is 12.9. The highest BCUT2D eigenvalue weighted by Crippen LogP contribution is 2.14. The molecule has 0 saturated carbocycles. The Balaban J connectivity index is 1.85. The van der Waals surface area contributed by atoms with Crippen LogP contribution in [0.25, 0.3) is 0 Å². The number of carbonyl (C=O) groups is 3. The van der Waals surface area contributed by atoms with Gasteiger partial charge in [-0.2, -0.15) is 0 Å². The van der Waals surface area contributed by atoms with Crippen LogP contribution in [0.2, 0.25) is 0 Å². The van der Waals surface area contributed by atoms with E-state index in [0.29, 0.717) is 23.4 Å². The molecule has 0 radical (unpaired) electrons. The number of rotatable bonds is 6. The van der Waals surface area contributed by atoms with E-state index < -0.39 is 17.9 Å². The highest BCUT2D eigenvalue weighted by molar-refractivity contribution is 5.97. The van der Waals surface area contributed by atoms with Crippen molar-refractivity contribution < 1.29 is 19.1 Å². The molecule has 0 aliphatic heterocycles. The van der Waals surface area contributed by atoms with Gasteiger partial charge in [-0.25, -0.2) is 0 Å². The first-order valence-corrected chi connectivity index (χ1v) is 8.62. The lowest BCUT2D eigenvalue weighted by molar-refractivity contribution is -0.128. The summed E-state index contributed by atoms with van der Waals surface area (Å²) in [6.45, 7) is 5.27.